The van der Waals surface area contributed by atoms with Crippen LogP contribution in [0, 0.1) is 21.7 Å². The van der Waals surface area contributed by atoms with Gasteiger partial charge in [0, 0.05) is 30.9 Å². The molecule has 0 N–H and O–H groups in total. The molecular weight excluding hydrogens is 266 g/mol. The van der Waals surface area contributed by atoms with E-state index >= 15 is 0 Å². The number of halogens is 2. The zero-order valence-electron chi connectivity index (χ0n) is 10.7. The highest BCUT2D eigenvalue weighted by atomic mass is 19.1. The van der Waals surface area contributed by atoms with Crippen LogP contribution in [0.5, 0.6) is 0 Å². The lowest BCUT2D eigenvalue weighted by molar-refractivity contribution is -0.385. The van der Waals surface area contributed by atoms with Gasteiger partial charge in [0.1, 0.15) is 11.6 Å². The minimum absolute atomic E-state index is 0.188. The molecule has 0 unspecified atom stereocenters. The summed E-state index contributed by atoms with van der Waals surface area (Å²) in [5.41, 5.74) is 0.419. The number of rotatable bonds is 4. The van der Waals surface area contributed by atoms with Gasteiger partial charge in [0.2, 0.25) is 0 Å². The second kappa shape index (κ2) is 5.64. The van der Waals surface area contributed by atoms with Crippen LogP contribution >= 0.6 is 0 Å². The van der Waals surface area contributed by atoms with Crippen LogP contribution in [0.2, 0.25) is 0 Å². The molecule has 0 spiro atoms. The first-order valence-electron chi connectivity index (χ1n) is 5.87. The molecule has 0 atom stereocenters. The topological polar surface area (TPSA) is 46.4 Å². The summed E-state index contributed by atoms with van der Waals surface area (Å²) in [5.74, 6) is -1.07. The lowest BCUT2D eigenvalue weighted by Gasteiger charge is -2.19. The maximum absolute atomic E-state index is 13.5. The summed E-state index contributed by atoms with van der Waals surface area (Å²) >= 11 is 0. The van der Waals surface area contributed by atoms with Crippen molar-refractivity contribution >= 4 is 11.4 Å². The zero-order valence-corrected chi connectivity index (χ0v) is 10.7. The van der Waals surface area contributed by atoms with Crippen molar-refractivity contribution in [1.29, 1.82) is 0 Å². The van der Waals surface area contributed by atoms with Gasteiger partial charge in [0.05, 0.1) is 11.0 Å². The average Bonchev–Trinajstić information content (AvgIpc) is 2.40. The van der Waals surface area contributed by atoms with Crippen molar-refractivity contribution in [2.75, 3.05) is 11.9 Å². The first-order valence-corrected chi connectivity index (χ1v) is 5.87. The molecule has 0 aliphatic heterocycles. The van der Waals surface area contributed by atoms with Gasteiger partial charge >= 0.3 is 0 Å². The number of nitro groups is 1. The molecular formula is C14H12F2N2O2. The van der Waals surface area contributed by atoms with Gasteiger partial charge in [-0.3, -0.25) is 10.1 Å². The number of nitro benzene ring substituents is 1. The van der Waals surface area contributed by atoms with Gasteiger partial charge in [-0.25, -0.2) is 8.78 Å². The molecule has 0 heterocycles. The van der Waals surface area contributed by atoms with Crippen molar-refractivity contribution in [2.24, 2.45) is 0 Å². The Bertz CT molecular complexity index is 647. The Labute approximate surface area is 114 Å². The largest absolute Gasteiger partial charge is 0.370 e. The molecule has 0 aromatic heterocycles. The standard InChI is InChI=1S/C14H12F2N2O2/c1-17(9-10-4-2-3-5-14(10)16)12-6-11(15)7-13(8-12)18(19)20/h2-8H,9H2,1H3. The smallest absolute Gasteiger partial charge is 0.274 e. The molecule has 0 fully saturated rings. The summed E-state index contributed by atoms with van der Waals surface area (Å²) in [4.78, 5) is 11.6. The fourth-order valence-electron chi connectivity index (χ4n) is 1.86. The number of nitrogens with zero attached hydrogens (tertiary/aromatic N) is 2. The zero-order chi connectivity index (χ0) is 14.7. The summed E-state index contributed by atoms with van der Waals surface area (Å²) in [5, 5.41) is 10.7. The molecule has 0 saturated heterocycles. The quantitative estimate of drug-likeness (QED) is 0.635. The number of non-ortho nitro benzene ring substituents is 1. The Morgan fingerprint density at radius 3 is 2.55 bits per heavy atom. The molecule has 2 aromatic carbocycles. The predicted octanol–water partition coefficient (Wildman–Crippen LogP) is 3.51. The van der Waals surface area contributed by atoms with E-state index in [0.717, 1.165) is 6.07 Å². The van der Waals surface area contributed by atoms with E-state index in [1.165, 1.54) is 18.2 Å². The second-order valence-electron chi connectivity index (χ2n) is 4.37. The highest BCUT2D eigenvalue weighted by Crippen LogP contribution is 2.24. The molecule has 6 heteroatoms. The van der Waals surface area contributed by atoms with Crippen LogP contribution in [0.1, 0.15) is 5.56 Å². The maximum Gasteiger partial charge on any atom is 0.274 e. The first kappa shape index (κ1) is 13.9. The van der Waals surface area contributed by atoms with Crippen molar-refractivity contribution in [3.63, 3.8) is 0 Å². The van der Waals surface area contributed by atoms with E-state index < -0.39 is 10.7 Å². The summed E-state index contributed by atoms with van der Waals surface area (Å²) in [7, 11) is 1.62. The molecule has 0 aliphatic carbocycles. The van der Waals surface area contributed by atoms with E-state index in [0.29, 0.717) is 11.3 Å². The van der Waals surface area contributed by atoms with Crippen molar-refractivity contribution in [3.8, 4) is 0 Å². The Balaban J connectivity index is 2.27. The Kier molecular flexibility index (Phi) is 3.93. The van der Waals surface area contributed by atoms with Gasteiger partial charge in [-0.2, -0.15) is 0 Å². The lowest BCUT2D eigenvalue weighted by Crippen LogP contribution is -2.17. The molecule has 20 heavy (non-hydrogen) atoms. The Morgan fingerprint density at radius 1 is 1.20 bits per heavy atom. The van der Waals surface area contributed by atoms with Gasteiger partial charge in [0.25, 0.3) is 5.69 Å². The number of hydrogen-bond donors (Lipinski definition) is 0. The fourth-order valence-corrected chi connectivity index (χ4v) is 1.86. The van der Waals surface area contributed by atoms with E-state index in [1.54, 1.807) is 30.1 Å². The third-order valence-corrected chi connectivity index (χ3v) is 2.88. The molecule has 0 radical (unpaired) electrons. The number of benzene rings is 2. The highest BCUT2D eigenvalue weighted by molar-refractivity contribution is 5.53. The molecule has 0 amide bonds. The van der Waals surface area contributed by atoms with Crippen LogP contribution in [-0.4, -0.2) is 12.0 Å². The fraction of sp³-hybridized carbons (Fsp3) is 0.143. The average molecular weight is 278 g/mol. The van der Waals surface area contributed by atoms with Crippen molar-refractivity contribution in [2.45, 2.75) is 6.54 Å². The minimum atomic E-state index is -0.699. The predicted molar refractivity (Wildman–Crippen MR) is 71.6 cm³/mol. The van der Waals surface area contributed by atoms with E-state index in [-0.39, 0.29) is 18.0 Å². The van der Waals surface area contributed by atoms with E-state index in [2.05, 4.69) is 0 Å². The van der Waals surface area contributed by atoms with E-state index in [4.69, 9.17) is 0 Å². The second-order valence-corrected chi connectivity index (χ2v) is 4.37. The summed E-state index contributed by atoms with van der Waals surface area (Å²) in [6.07, 6.45) is 0. The van der Waals surface area contributed by atoms with E-state index in [1.807, 2.05) is 0 Å². The highest BCUT2D eigenvalue weighted by Gasteiger charge is 2.13. The van der Waals surface area contributed by atoms with Crippen LogP contribution in [0.3, 0.4) is 0 Å². The third-order valence-electron chi connectivity index (χ3n) is 2.88. The molecule has 104 valence electrons. The maximum atomic E-state index is 13.5. The SMILES string of the molecule is CN(Cc1ccccc1F)c1cc(F)cc([N+](=O)[O-])c1. The minimum Gasteiger partial charge on any atom is -0.370 e. The Hall–Kier alpha value is -2.50. The van der Waals surface area contributed by atoms with Gasteiger partial charge in [-0.1, -0.05) is 18.2 Å². The van der Waals surface area contributed by atoms with Gasteiger partial charge in [-0.05, 0) is 12.1 Å². The van der Waals surface area contributed by atoms with Crippen molar-refractivity contribution in [1.82, 2.24) is 0 Å². The van der Waals surface area contributed by atoms with Crippen molar-refractivity contribution in [3.05, 3.63) is 69.8 Å². The van der Waals surface area contributed by atoms with Crippen LogP contribution in [0.25, 0.3) is 0 Å². The molecule has 2 rings (SSSR count). The van der Waals surface area contributed by atoms with Gasteiger partial charge < -0.3 is 4.90 Å². The van der Waals surface area contributed by atoms with Gasteiger partial charge in [0.15, 0.2) is 0 Å². The van der Waals surface area contributed by atoms with Crippen LogP contribution < -0.4 is 4.90 Å². The molecule has 0 saturated carbocycles. The lowest BCUT2D eigenvalue weighted by atomic mass is 10.2. The summed E-state index contributed by atoms with van der Waals surface area (Å²) in [6.45, 7) is 0.188. The molecule has 0 aliphatic rings. The van der Waals surface area contributed by atoms with Crippen LogP contribution in [0.15, 0.2) is 42.5 Å². The third kappa shape index (κ3) is 3.09. The monoisotopic (exact) mass is 278 g/mol. The molecule has 2 aromatic rings. The number of anilines is 1. The number of hydrogen-bond acceptors (Lipinski definition) is 3. The van der Waals surface area contributed by atoms with Crippen LogP contribution in [0.4, 0.5) is 20.2 Å². The first-order chi connectivity index (χ1) is 9.47. The van der Waals surface area contributed by atoms with E-state index in [9.17, 15) is 18.9 Å². The Morgan fingerprint density at radius 2 is 1.90 bits per heavy atom. The van der Waals surface area contributed by atoms with Crippen molar-refractivity contribution < 1.29 is 13.7 Å². The normalized spacial score (nSPS) is 10.3. The molecule has 4 nitrogen and oxygen atoms in total. The summed E-state index contributed by atoms with van der Waals surface area (Å²) < 4.78 is 26.9. The van der Waals surface area contributed by atoms with Crippen LogP contribution in [-0.2, 0) is 6.54 Å². The summed E-state index contributed by atoms with van der Waals surface area (Å²) in [6, 6.07) is 9.49. The van der Waals surface area contributed by atoms with Gasteiger partial charge in [-0.15, -0.1) is 0 Å². The molecule has 0 bridgehead atoms.